The Labute approximate surface area is 195 Å². The Hall–Kier alpha value is -4.05. The van der Waals surface area contributed by atoms with Gasteiger partial charge in [-0.2, -0.15) is 0 Å². The summed E-state index contributed by atoms with van der Waals surface area (Å²) in [7, 11) is 0. The predicted octanol–water partition coefficient (Wildman–Crippen LogP) is 2.83. The fourth-order valence-corrected chi connectivity index (χ4v) is 3.43. The number of morpholine rings is 1. The number of nitrogens with zero attached hydrogens (tertiary/aromatic N) is 3. The summed E-state index contributed by atoms with van der Waals surface area (Å²) in [5.74, 6) is 0.440. The maximum absolute atomic E-state index is 13.1. The second-order valence-electron chi connectivity index (χ2n) is 7.71. The van der Waals surface area contributed by atoms with Crippen molar-refractivity contribution in [2.24, 2.45) is 5.73 Å². The van der Waals surface area contributed by atoms with Gasteiger partial charge in [-0.25, -0.2) is 14.4 Å². The molecule has 9 nitrogen and oxygen atoms in total. The van der Waals surface area contributed by atoms with Crippen LogP contribution in [0, 0.1) is 5.82 Å². The number of aromatic nitrogens is 2. The summed E-state index contributed by atoms with van der Waals surface area (Å²) in [6, 6.07) is 13.4. The third-order valence-electron chi connectivity index (χ3n) is 5.20. The second kappa shape index (κ2) is 10.3. The molecule has 0 saturated carbocycles. The van der Waals surface area contributed by atoms with Gasteiger partial charge in [-0.3, -0.25) is 9.59 Å². The van der Waals surface area contributed by atoms with E-state index in [1.165, 1.54) is 30.3 Å². The standard InChI is InChI=1S/C24H24FN5O4/c1-15(24(32)30-10-12-33-13-11-30)27-21-14-20(22(26)31)28-23(29-21)16-2-6-18(7-3-16)34-19-8-4-17(25)5-9-19/h2-9,14-15H,10-13H2,1H3,(H2,26,31)(H,27,28,29). The number of rotatable bonds is 7. The molecule has 2 aromatic carbocycles. The summed E-state index contributed by atoms with van der Waals surface area (Å²) >= 11 is 0. The fourth-order valence-electron chi connectivity index (χ4n) is 3.43. The lowest BCUT2D eigenvalue weighted by atomic mass is 10.2. The molecule has 1 aliphatic heterocycles. The van der Waals surface area contributed by atoms with E-state index in [2.05, 4.69) is 15.3 Å². The molecular formula is C24H24FN5O4. The van der Waals surface area contributed by atoms with Crippen LogP contribution in [0.2, 0.25) is 0 Å². The van der Waals surface area contributed by atoms with Crippen molar-refractivity contribution in [1.82, 2.24) is 14.9 Å². The van der Waals surface area contributed by atoms with Gasteiger partial charge in [0.25, 0.3) is 5.91 Å². The first-order valence-electron chi connectivity index (χ1n) is 10.7. The molecule has 2 amide bonds. The minimum Gasteiger partial charge on any atom is -0.457 e. The van der Waals surface area contributed by atoms with Gasteiger partial charge in [0.15, 0.2) is 5.82 Å². The minimum absolute atomic E-state index is 0.0187. The van der Waals surface area contributed by atoms with Gasteiger partial charge in [-0.05, 0) is 55.5 Å². The maximum Gasteiger partial charge on any atom is 0.267 e. The van der Waals surface area contributed by atoms with Crippen LogP contribution in [0.1, 0.15) is 17.4 Å². The lowest BCUT2D eigenvalue weighted by molar-refractivity contribution is -0.135. The molecule has 176 valence electrons. The number of halogens is 1. The number of carbonyl (C=O) groups is 2. The Morgan fingerprint density at radius 1 is 1.06 bits per heavy atom. The molecule has 1 aromatic heterocycles. The predicted molar refractivity (Wildman–Crippen MR) is 123 cm³/mol. The number of ether oxygens (including phenoxy) is 2. The van der Waals surface area contributed by atoms with Crippen molar-refractivity contribution in [3.8, 4) is 22.9 Å². The van der Waals surface area contributed by atoms with Crippen molar-refractivity contribution >= 4 is 17.6 Å². The van der Waals surface area contributed by atoms with Crippen molar-refractivity contribution in [3.05, 3.63) is 66.1 Å². The van der Waals surface area contributed by atoms with E-state index < -0.39 is 11.9 Å². The van der Waals surface area contributed by atoms with Crippen LogP contribution in [-0.2, 0) is 9.53 Å². The molecule has 4 rings (SSSR count). The van der Waals surface area contributed by atoms with E-state index in [4.69, 9.17) is 15.2 Å². The van der Waals surface area contributed by atoms with Crippen molar-refractivity contribution < 1.29 is 23.5 Å². The Kier molecular flexibility index (Phi) is 6.98. The number of nitrogens with two attached hydrogens (primary N) is 1. The number of hydrogen-bond donors (Lipinski definition) is 2. The van der Waals surface area contributed by atoms with Gasteiger partial charge >= 0.3 is 0 Å². The molecular weight excluding hydrogens is 441 g/mol. The van der Waals surface area contributed by atoms with Crippen LogP contribution in [0.15, 0.2) is 54.6 Å². The van der Waals surface area contributed by atoms with E-state index in [1.807, 2.05) is 0 Å². The summed E-state index contributed by atoms with van der Waals surface area (Å²) in [4.78, 5) is 35.0. The van der Waals surface area contributed by atoms with E-state index >= 15 is 0 Å². The van der Waals surface area contributed by atoms with Crippen LogP contribution in [0.5, 0.6) is 11.5 Å². The number of carbonyl (C=O) groups excluding carboxylic acids is 2. The molecule has 10 heteroatoms. The minimum atomic E-state index is -0.713. The van der Waals surface area contributed by atoms with E-state index in [0.29, 0.717) is 49.2 Å². The van der Waals surface area contributed by atoms with Crippen LogP contribution < -0.4 is 15.8 Å². The molecule has 34 heavy (non-hydrogen) atoms. The average Bonchev–Trinajstić information content (AvgIpc) is 2.85. The van der Waals surface area contributed by atoms with E-state index in [0.717, 1.165) is 0 Å². The van der Waals surface area contributed by atoms with Gasteiger partial charge in [0.1, 0.15) is 34.9 Å². The van der Waals surface area contributed by atoms with E-state index in [1.54, 1.807) is 36.1 Å². The van der Waals surface area contributed by atoms with Gasteiger partial charge in [-0.15, -0.1) is 0 Å². The zero-order chi connectivity index (χ0) is 24.1. The molecule has 1 unspecified atom stereocenters. The van der Waals surface area contributed by atoms with Crippen LogP contribution in [0.4, 0.5) is 10.2 Å². The Morgan fingerprint density at radius 3 is 2.29 bits per heavy atom. The van der Waals surface area contributed by atoms with Gasteiger partial charge in [-0.1, -0.05) is 0 Å². The molecule has 0 aliphatic carbocycles. The van der Waals surface area contributed by atoms with Gasteiger partial charge in [0, 0.05) is 24.7 Å². The Balaban J connectivity index is 1.52. The topological polar surface area (TPSA) is 120 Å². The summed E-state index contributed by atoms with van der Waals surface area (Å²) < 4.78 is 24.1. The normalized spacial score (nSPS) is 14.4. The maximum atomic E-state index is 13.1. The van der Waals surface area contributed by atoms with Crippen LogP contribution in [-0.4, -0.2) is 59.0 Å². The number of nitrogens with one attached hydrogen (secondary N) is 1. The summed E-state index contributed by atoms with van der Waals surface area (Å²) in [6.07, 6.45) is 0. The van der Waals surface area contributed by atoms with Crippen molar-refractivity contribution in [3.63, 3.8) is 0 Å². The molecule has 1 atom stereocenters. The highest BCUT2D eigenvalue weighted by atomic mass is 19.1. The highest BCUT2D eigenvalue weighted by Crippen LogP contribution is 2.25. The molecule has 0 radical (unpaired) electrons. The van der Waals surface area contributed by atoms with Crippen LogP contribution in [0.3, 0.4) is 0 Å². The zero-order valence-corrected chi connectivity index (χ0v) is 18.5. The zero-order valence-electron chi connectivity index (χ0n) is 18.5. The number of hydrogen-bond acceptors (Lipinski definition) is 7. The SMILES string of the molecule is CC(Nc1cc(C(N)=O)nc(-c2ccc(Oc3ccc(F)cc3)cc2)n1)C(=O)N1CCOCC1. The van der Waals surface area contributed by atoms with Crippen LogP contribution in [0.25, 0.3) is 11.4 Å². The Bertz CT molecular complexity index is 1160. The smallest absolute Gasteiger partial charge is 0.267 e. The number of anilines is 1. The molecule has 3 aromatic rings. The lowest BCUT2D eigenvalue weighted by Gasteiger charge is -2.29. The summed E-state index contributed by atoms with van der Waals surface area (Å²) in [5.41, 5.74) is 6.10. The second-order valence-corrected chi connectivity index (χ2v) is 7.71. The first-order valence-corrected chi connectivity index (χ1v) is 10.7. The largest absolute Gasteiger partial charge is 0.457 e. The lowest BCUT2D eigenvalue weighted by Crippen LogP contribution is -2.47. The number of amides is 2. The Morgan fingerprint density at radius 2 is 1.68 bits per heavy atom. The van der Waals surface area contributed by atoms with Crippen molar-refractivity contribution in [1.29, 1.82) is 0 Å². The molecule has 2 heterocycles. The first kappa shape index (κ1) is 23.1. The van der Waals surface area contributed by atoms with Gasteiger partial charge < -0.3 is 25.4 Å². The van der Waals surface area contributed by atoms with E-state index in [-0.39, 0.29) is 23.2 Å². The highest BCUT2D eigenvalue weighted by molar-refractivity contribution is 5.92. The van der Waals surface area contributed by atoms with Gasteiger partial charge in [0.05, 0.1) is 13.2 Å². The molecule has 0 bridgehead atoms. The van der Waals surface area contributed by atoms with Crippen LogP contribution >= 0.6 is 0 Å². The average molecular weight is 465 g/mol. The molecule has 1 aliphatic rings. The third-order valence-corrected chi connectivity index (χ3v) is 5.20. The van der Waals surface area contributed by atoms with Crippen molar-refractivity contribution in [2.45, 2.75) is 13.0 Å². The molecule has 0 spiro atoms. The number of benzene rings is 2. The quantitative estimate of drug-likeness (QED) is 0.551. The molecule has 3 N–H and O–H groups in total. The monoisotopic (exact) mass is 465 g/mol. The molecule has 1 saturated heterocycles. The molecule has 1 fully saturated rings. The first-order chi connectivity index (χ1) is 16.4. The van der Waals surface area contributed by atoms with Gasteiger partial charge in [0.2, 0.25) is 5.91 Å². The van der Waals surface area contributed by atoms with E-state index in [9.17, 15) is 14.0 Å². The summed E-state index contributed by atoms with van der Waals surface area (Å²) in [6.45, 7) is 3.79. The highest BCUT2D eigenvalue weighted by Gasteiger charge is 2.23. The van der Waals surface area contributed by atoms with Crippen molar-refractivity contribution in [2.75, 3.05) is 31.6 Å². The fraction of sp³-hybridized carbons (Fsp3) is 0.250. The summed E-state index contributed by atoms with van der Waals surface area (Å²) in [5, 5.41) is 3.05. The third kappa shape index (κ3) is 5.65. The number of primary amides is 1.